The normalized spacial score (nSPS) is 50.3. The number of fused-ring (bicyclic) bond motifs is 7. The molecule has 198 valence electrons. The third-order valence-corrected chi connectivity index (χ3v) is 9.97. The number of aliphatic hydroxyl groups excluding tert-OH is 1. The van der Waals surface area contributed by atoms with Gasteiger partial charge in [-0.05, 0) is 62.5 Å². The van der Waals surface area contributed by atoms with Gasteiger partial charge in [0.1, 0.15) is 24.5 Å². The molecule has 0 radical (unpaired) electrons. The summed E-state index contributed by atoms with van der Waals surface area (Å²) >= 11 is 0. The highest BCUT2D eigenvalue weighted by Crippen LogP contribution is 2.69. The molecular formula is C26H34FNO8. The topological polar surface area (TPSA) is 116 Å². The lowest BCUT2D eigenvalue weighted by atomic mass is 9.47. The molecule has 2 saturated heterocycles. The standard InChI is InChI=1S/C26H34FNO8/c1-15-9-18-19-4-3-16-10-17(28-36-8-6-22(30)31)5-7-23(16,2)25(19,27)21(29)11-20(18)26(15)24(34-14-35-26)12-32-13-33-24/h5,7,10,15,18-21,29H,3-4,6,8-9,11-14H2,1-2H3,(H,30,31)/b28-17+/t15-,18+,19+,20?,21+,23+,24?,25+,26-/m1/s1. The van der Waals surface area contributed by atoms with E-state index in [2.05, 4.69) is 12.1 Å². The molecule has 4 aliphatic carbocycles. The van der Waals surface area contributed by atoms with Gasteiger partial charge in [-0.25, -0.2) is 4.39 Å². The Morgan fingerprint density at radius 3 is 2.81 bits per heavy atom. The summed E-state index contributed by atoms with van der Waals surface area (Å²) in [5.41, 5.74) is -2.23. The highest BCUT2D eigenvalue weighted by Gasteiger charge is 2.77. The number of hydrogen-bond acceptors (Lipinski definition) is 8. The Labute approximate surface area is 209 Å². The van der Waals surface area contributed by atoms with E-state index >= 15 is 4.39 Å². The van der Waals surface area contributed by atoms with Crippen LogP contribution in [0.3, 0.4) is 0 Å². The van der Waals surface area contributed by atoms with Crippen molar-refractivity contribution in [2.75, 3.05) is 26.8 Å². The van der Waals surface area contributed by atoms with Crippen LogP contribution in [-0.2, 0) is 28.6 Å². The number of aliphatic hydroxyl groups is 1. The minimum absolute atomic E-state index is 0.0115. The fraction of sp³-hybridized carbons (Fsp3) is 0.769. The van der Waals surface area contributed by atoms with Gasteiger partial charge in [-0.15, -0.1) is 0 Å². The molecule has 0 bridgehead atoms. The summed E-state index contributed by atoms with van der Waals surface area (Å²) in [6.45, 7) is 4.45. The fourth-order valence-corrected chi connectivity index (χ4v) is 8.43. The van der Waals surface area contributed by atoms with E-state index in [9.17, 15) is 9.90 Å². The van der Waals surface area contributed by atoms with Gasteiger partial charge in [-0.3, -0.25) is 4.79 Å². The first-order chi connectivity index (χ1) is 17.2. The molecule has 5 fully saturated rings. The van der Waals surface area contributed by atoms with Gasteiger partial charge in [0, 0.05) is 11.3 Å². The number of halogens is 1. The van der Waals surface area contributed by atoms with Crippen LogP contribution in [0, 0.1) is 29.1 Å². The molecule has 0 aromatic heterocycles. The maximum absolute atomic E-state index is 17.5. The van der Waals surface area contributed by atoms with Crippen molar-refractivity contribution < 1.29 is 43.2 Å². The Morgan fingerprint density at radius 1 is 1.25 bits per heavy atom. The maximum atomic E-state index is 17.5. The molecule has 6 aliphatic rings. The van der Waals surface area contributed by atoms with Crippen LogP contribution in [0.4, 0.5) is 4.39 Å². The zero-order chi connectivity index (χ0) is 25.3. The van der Waals surface area contributed by atoms with Crippen molar-refractivity contribution in [2.24, 2.45) is 34.2 Å². The average molecular weight is 508 g/mol. The van der Waals surface area contributed by atoms with Crippen LogP contribution in [-0.4, -0.2) is 71.9 Å². The minimum atomic E-state index is -1.85. The number of aliphatic carboxylic acids is 1. The SMILES string of the molecule is C[C@@H]1C[C@@H]2C(C[C@H](O)[C@@]3(F)[C@H]2CCC2=C/C(=N/OCCC(=O)O)C=C[C@@]23C)[C@]12OCOC21COCO1. The van der Waals surface area contributed by atoms with Gasteiger partial charge in [0.25, 0.3) is 0 Å². The second-order valence-corrected chi connectivity index (χ2v) is 11.3. The maximum Gasteiger partial charge on any atom is 0.306 e. The summed E-state index contributed by atoms with van der Waals surface area (Å²) in [4.78, 5) is 15.8. The third-order valence-electron chi connectivity index (χ3n) is 9.97. The Morgan fingerprint density at radius 2 is 2.06 bits per heavy atom. The van der Waals surface area contributed by atoms with E-state index < -0.39 is 34.5 Å². The zero-order valence-electron chi connectivity index (χ0n) is 20.7. The molecule has 2 heterocycles. The van der Waals surface area contributed by atoms with E-state index in [-0.39, 0.29) is 63.3 Å². The Kier molecular flexibility index (Phi) is 5.66. The number of carbonyl (C=O) groups is 1. The quantitative estimate of drug-likeness (QED) is 0.441. The van der Waals surface area contributed by atoms with Crippen LogP contribution < -0.4 is 0 Å². The molecule has 9 nitrogen and oxygen atoms in total. The van der Waals surface area contributed by atoms with Crippen molar-refractivity contribution in [1.29, 1.82) is 0 Å². The van der Waals surface area contributed by atoms with Gasteiger partial charge in [-0.2, -0.15) is 0 Å². The second-order valence-electron chi connectivity index (χ2n) is 11.3. The molecule has 9 atom stereocenters. The predicted octanol–water partition coefficient (Wildman–Crippen LogP) is 2.94. The lowest BCUT2D eigenvalue weighted by Crippen LogP contribution is -2.68. The first-order valence-corrected chi connectivity index (χ1v) is 12.9. The number of ether oxygens (including phenoxy) is 4. The van der Waals surface area contributed by atoms with Crippen molar-refractivity contribution in [3.8, 4) is 0 Å². The monoisotopic (exact) mass is 507 g/mol. The van der Waals surface area contributed by atoms with E-state index in [0.717, 1.165) is 12.0 Å². The van der Waals surface area contributed by atoms with Crippen molar-refractivity contribution in [3.63, 3.8) is 0 Å². The van der Waals surface area contributed by atoms with Crippen LogP contribution in [0.2, 0.25) is 0 Å². The molecule has 2 unspecified atom stereocenters. The molecule has 6 rings (SSSR count). The van der Waals surface area contributed by atoms with E-state index in [1.54, 1.807) is 12.2 Å². The van der Waals surface area contributed by atoms with Crippen LogP contribution >= 0.6 is 0 Å². The molecule has 0 aromatic carbocycles. The fourth-order valence-electron chi connectivity index (χ4n) is 8.43. The molecule has 10 heteroatoms. The number of oxime groups is 1. The summed E-state index contributed by atoms with van der Waals surface area (Å²) < 4.78 is 41.4. The van der Waals surface area contributed by atoms with Gasteiger partial charge >= 0.3 is 5.97 Å². The Bertz CT molecular complexity index is 1020. The van der Waals surface area contributed by atoms with E-state index in [0.29, 0.717) is 18.6 Å². The second kappa shape index (κ2) is 8.33. The van der Waals surface area contributed by atoms with Crippen molar-refractivity contribution in [1.82, 2.24) is 0 Å². The van der Waals surface area contributed by atoms with Gasteiger partial charge in [0.15, 0.2) is 19.3 Å². The molecule has 3 saturated carbocycles. The number of rotatable bonds is 4. The smallest absolute Gasteiger partial charge is 0.306 e. The Hall–Kier alpha value is -1.85. The van der Waals surface area contributed by atoms with Gasteiger partial charge < -0.3 is 34.0 Å². The number of nitrogens with zero attached hydrogens (tertiary/aromatic N) is 1. The molecular weight excluding hydrogens is 473 g/mol. The van der Waals surface area contributed by atoms with Gasteiger partial charge in [-0.1, -0.05) is 23.7 Å². The highest BCUT2D eigenvalue weighted by atomic mass is 19.1. The molecule has 2 spiro atoms. The van der Waals surface area contributed by atoms with Crippen LogP contribution in [0.25, 0.3) is 0 Å². The van der Waals surface area contributed by atoms with Gasteiger partial charge in [0.2, 0.25) is 5.79 Å². The summed E-state index contributed by atoms with van der Waals surface area (Å²) in [7, 11) is 0. The Balaban J connectivity index is 1.30. The lowest BCUT2D eigenvalue weighted by molar-refractivity contribution is -0.249. The van der Waals surface area contributed by atoms with Gasteiger partial charge in [0.05, 0.1) is 12.5 Å². The van der Waals surface area contributed by atoms with Crippen molar-refractivity contribution in [3.05, 3.63) is 23.8 Å². The van der Waals surface area contributed by atoms with Crippen molar-refractivity contribution in [2.45, 2.75) is 69.1 Å². The van der Waals surface area contributed by atoms with Crippen molar-refractivity contribution >= 4 is 11.7 Å². The van der Waals surface area contributed by atoms with E-state index in [4.69, 9.17) is 28.9 Å². The molecule has 0 aromatic rings. The number of allylic oxidation sites excluding steroid dienone is 4. The molecule has 2 aliphatic heterocycles. The molecule has 36 heavy (non-hydrogen) atoms. The number of carboxylic acids is 1. The minimum Gasteiger partial charge on any atom is -0.481 e. The molecule has 0 amide bonds. The van der Waals surface area contributed by atoms with Crippen LogP contribution in [0.1, 0.15) is 46.0 Å². The summed E-state index contributed by atoms with van der Waals surface area (Å²) in [5, 5.41) is 24.3. The van der Waals surface area contributed by atoms with Crippen LogP contribution in [0.15, 0.2) is 29.0 Å². The largest absolute Gasteiger partial charge is 0.481 e. The highest BCUT2D eigenvalue weighted by molar-refractivity contribution is 6.05. The summed E-state index contributed by atoms with van der Waals surface area (Å²) in [6, 6.07) is 0. The average Bonchev–Trinajstić information content (AvgIpc) is 3.54. The summed E-state index contributed by atoms with van der Waals surface area (Å²) in [6.07, 6.45) is 6.29. The number of hydrogen-bond donors (Lipinski definition) is 2. The lowest BCUT2D eigenvalue weighted by Gasteiger charge is -2.60. The third kappa shape index (κ3) is 3.05. The first kappa shape index (κ1) is 24.5. The predicted molar refractivity (Wildman–Crippen MR) is 123 cm³/mol. The zero-order valence-corrected chi connectivity index (χ0v) is 20.7. The first-order valence-electron chi connectivity index (χ1n) is 12.9. The summed E-state index contributed by atoms with van der Waals surface area (Å²) in [5.74, 6) is -2.37. The van der Waals surface area contributed by atoms with Crippen LogP contribution in [0.5, 0.6) is 0 Å². The number of alkyl halides is 1. The van der Waals surface area contributed by atoms with E-state index in [1.165, 1.54) is 0 Å². The van der Waals surface area contributed by atoms with E-state index in [1.807, 2.05) is 13.0 Å². The molecule has 2 N–H and O–H groups in total. The number of carboxylic acid groups (broad SMARTS) is 1.